The van der Waals surface area contributed by atoms with E-state index in [1.807, 2.05) is 6.07 Å². The van der Waals surface area contributed by atoms with Gasteiger partial charge in [0.1, 0.15) is 5.82 Å². The lowest BCUT2D eigenvalue weighted by Gasteiger charge is -2.34. The van der Waals surface area contributed by atoms with Gasteiger partial charge in [0.25, 0.3) is 0 Å². The molecule has 0 radical (unpaired) electrons. The van der Waals surface area contributed by atoms with Gasteiger partial charge in [-0.3, -0.25) is 4.79 Å². The highest BCUT2D eigenvalue weighted by atomic mass is 19.1. The molecule has 3 aromatic rings. The van der Waals surface area contributed by atoms with Crippen molar-refractivity contribution in [3.05, 3.63) is 54.4 Å². The molecule has 0 saturated carbocycles. The Bertz CT molecular complexity index is 964. The number of carbonyl (C=O) groups excluding carboxylic acids is 1. The summed E-state index contributed by atoms with van der Waals surface area (Å²) in [5, 5.41) is 6.90. The van der Waals surface area contributed by atoms with Crippen LogP contribution in [0.5, 0.6) is 0 Å². The lowest BCUT2D eigenvalue weighted by atomic mass is 10.0. The van der Waals surface area contributed by atoms with Gasteiger partial charge < -0.3 is 14.7 Å². The molecule has 1 saturated heterocycles. The van der Waals surface area contributed by atoms with Crippen molar-refractivity contribution >= 4 is 11.6 Å². The molecule has 1 atom stereocenters. The number of nitrogens with zero attached hydrogens (tertiary/aromatic N) is 5. The average molecular weight is 396 g/mol. The Morgan fingerprint density at radius 1 is 1.24 bits per heavy atom. The molecule has 1 aliphatic rings. The number of hydrogen-bond donors (Lipinski definition) is 1. The van der Waals surface area contributed by atoms with E-state index in [1.54, 1.807) is 24.5 Å². The molecule has 3 heterocycles. The lowest BCUT2D eigenvalue weighted by Crippen LogP contribution is -2.47. The Labute approximate surface area is 167 Å². The van der Waals surface area contributed by atoms with Crippen molar-refractivity contribution in [2.45, 2.75) is 31.7 Å². The van der Waals surface area contributed by atoms with Gasteiger partial charge in [-0.15, -0.1) is 0 Å². The van der Waals surface area contributed by atoms with Crippen LogP contribution in [-0.4, -0.2) is 45.1 Å². The van der Waals surface area contributed by atoms with E-state index < -0.39 is 0 Å². The molecule has 1 unspecified atom stereocenters. The van der Waals surface area contributed by atoms with Gasteiger partial charge in [-0.05, 0) is 37.1 Å². The summed E-state index contributed by atoms with van der Waals surface area (Å²) in [4.78, 5) is 26.8. The number of amides is 1. The van der Waals surface area contributed by atoms with Gasteiger partial charge in [0.05, 0.1) is 0 Å². The average Bonchev–Trinajstić information content (AvgIpc) is 3.22. The first-order valence-corrected chi connectivity index (χ1v) is 9.57. The highest BCUT2D eigenvalue weighted by molar-refractivity contribution is 5.76. The van der Waals surface area contributed by atoms with Crippen molar-refractivity contribution in [3.63, 3.8) is 0 Å². The maximum Gasteiger partial charge on any atom is 0.240 e. The molecule has 4 rings (SSSR count). The third kappa shape index (κ3) is 4.92. The Kier molecular flexibility index (Phi) is 5.73. The van der Waals surface area contributed by atoms with Crippen LogP contribution in [0.2, 0.25) is 0 Å². The van der Waals surface area contributed by atoms with E-state index >= 15 is 0 Å². The van der Waals surface area contributed by atoms with E-state index in [-0.39, 0.29) is 24.2 Å². The summed E-state index contributed by atoms with van der Waals surface area (Å²) in [6, 6.07) is 8.27. The maximum absolute atomic E-state index is 13.5. The third-order valence-electron chi connectivity index (χ3n) is 4.76. The Morgan fingerprint density at radius 3 is 2.93 bits per heavy atom. The van der Waals surface area contributed by atoms with Crippen LogP contribution in [0.4, 0.5) is 10.1 Å². The fraction of sp³-hybridized carbons (Fsp3) is 0.350. The second-order valence-electron chi connectivity index (χ2n) is 6.92. The van der Waals surface area contributed by atoms with E-state index in [2.05, 4.69) is 30.3 Å². The predicted molar refractivity (Wildman–Crippen MR) is 103 cm³/mol. The second-order valence-corrected chi connectivity index (χ2v) is 6.92. The fourth-order valence-corrected chi connectivity index (χ4v) is 3.38. The van der Waals surface area contributed by atoms with Gasteiger partial charge >= 0.3 is 0 Å². The molecule has 1 fully saturated rings. The van der Waals surface area contributed by atoms with Crippen LogP contribution in [0, 0.1) is 5.82 Å². The SMILES string of the molecule is O=C(CCc1nc(-c2ncccn2)no1)NC1CCCN(c2cccc(F)c2)C1. The Balaban J connectivity index is 1.28. The molecule has 1 aliphatic heterocycles. The number of rotatable bonds is 6. The lowest BCUT2D eigenvalue weighted by molar-refractivity contribution is -0.121. The first-order chi connectivity index (χ1) is 14.2. The summed E-state index contributed by atoms with van der Waals surface area (Å²) in [5.41, 5.74) is 0.838. The fourth-order valence-electron chi connectivity index (χ4n) is 3.38. The normalized spacial score (nSPS) is 16.6. The van der Waals surface area contributed by atoms with Crippen molar-refractivity contribution < 1.29 is 13.7 Å². The molecular weight excluding hydrogens is 375 g/mol. The number of anilines is 1. The maximum atomic E-state index is 13.5. The van der Waals surface area contributed by atoms with Crippen LogP contribution in [0.25, 0.3) is 11.6 Å². The van der Waals surface area contributed by atoms with E-state index in [9.17, 15) is 9.18 Å². The number of nitrogens with one attached hydrogen (secondary N) is 1. The summed E-state index contributed by atoms with van der Waals surface area (Å²) in [7, 11) is 0. The van der Waals surface area contributed by atoms with E-state index in [0.29, 0.717) is 30.5 Å². The molecule has 9 heteroatoms. The smallest absolute Gasteiger partial charge is 0.240 e. The van der Waals surface area contributed by atoms with Gasteiger partial charge in [0, 0.05) is 50.1 Å². The third-order valence-corrected chi connectivity index (χ3v) is 4.76. The standard InChI is InChI=1S/C20H21FN6O2/c21-14-4-1-6-16(12-14)27-11-2-5-15(13-27)24-17(28)7-8-18-25-20(26-29-18)19-22-9-3-10-23-19/h1,3-4,6,9-10,12,15H,2,5,7-8,11,13H2,(H,24,28). The van der Waals surface area contributed by atoms with Crippen LogP contribution in [0.1, 0.15) is 25.2 Å². The molecule has 150 valence electrons. The summed E-state index contributed by atoms with van der Waals surface area (Å²) >= 11 is 0. The molecule has 2 aromatic heterocycles. The quantitative estimate of drug-likeness (QED) is 0.683. The van der Waals surface area contributed by atoms with Crippen LogP contribution < -0.4 is 10.2 Å². The van der Waals surface area contributed by atoms with E-state index in [4.69, 9.17) is 4.52 Å². The number of aryl methyl sites for hydroxylation is 1. The second kappa shape index (κ2) is 8.76. The van der Waals surface area contributed by atoms with Crippen molar-refractivity contribution in [1.29, 1.82) is 0 Å². The molecular formula is C20H21FN6O2. The van der Waals surface area contributed by atoms with E-state index in [1.165, 1.54) is 12.1 Å². The molecule has 29 heavy (non-hydrogen) atoms. The van der Waals surface area contributed by atoms with Crippen molar-refractivity contribution in [1.82, 2.24) is 25.4 Å². The molecule has 1 aromatic carbocycles. The predicted octanol–water partition coefficient (Wildman–Crippen LogP) is 2.38. The minimum atomic E-state index is -0.256. The molecule has 0 bridgehead atoms. The molecule has 0 aliphatic carbocycles. The topological polar surface area (TPSA) is 97.0 Å². The number of aromatic nitrogens is 4. The molecule has 1 amide bonds. The number of benzene rings is 1. The van der Waals surface area contributed by atoms with E-state index in [0.717, 1.165) is 25.1 Å². The van der Waals surface area contributed by atoms with Crippen LogP contribution in [0.3, 0.4) is 0 Å². The summed E-state index contributed by atoms with van der Waals surface area (Å²) in [6.45, 7) is 1.51. The molecule has 8 nitrogen and oxygen atoms in total. The number of piperidine rings is 1. The Morgan fingerprint density at radius 2 is 2.10 bits per heavy atom. The van der Waals surface area contributed by atoms with Crippen molar-refractivity contribution in [3.8, 4) is 11.6 Å². The van der Waals surface area contributed by atoms with Crippen molar-refractivity contribution in [2.24, 2.45) is 0 Å². The number of hydrogen-bond acceptors (Lipinski definition) is 7. The van der Waals surface area contributed by atoms with Gasteiger partial charge in [-0.25, -0.2) is 14.4 Å². The minimum absolute atomic E-state index is 0.0236. The van der Waals surface area contributed by atoms with Gasteiger partial charge in [-0.2, -0.15) is 4.98 Å². The van der Waals surface area contributed by atoms with Crippen molar-refractivity contribution in [2.75, 3.05) is 18.0 Å². The highest BCUT2D eigenvalue weighted by Gasteiger charge is 2.22. The van der Waals surface area contributed by atoms with Gasteiger partial charge in [0.2, 0.25) is 23.4 Å². The number of halogens is 1. The zero-order valence-electron chi connectivity index (χ0n) is 15.8. The van der Waals surface area contributed by atoms with Crippen LogP contribution >= 0.6 is 0 Å². The summed E-state index contributed by atoms with van der Waals surface area (Å²) < 4.78 is 18.7. The summed E-state index contributed by atoms with van der Waals surface area (Å²) in [5.74, 6) is 0.721. The number of carbonyl (C=O) groups is 1. The largest absolute Gasteiger partial charge is 0.369 e. The zero-order chi connectivity index (χ0) is 20.1. The zero-order valence-corrected chi connectivity index (χ0v) is 15.8. The van der Waals surface area contributed by atoms with Crippen LogP contribution in [-0.2, 0) is 11.2 Å². The first kappa shape index (κ1) is 19.0. The monoisotopic (exact) mass is 396 g/mol. The highest BCUT2D eigenvalue weighted by Crippen LogP contribution is 2.21. The molecule has 0 spiro atoms. The minimum Gasteiger partial charge on any atom is -0.369 e. The Hall–Kier alpha value is -3.36. The van der Waals surface area contributed by atoms with Gasteiger partial charge in [0.15, 0.2) is 0 Å². The van der Waals surface area contributed by atoms with Gasteiger partial charge in [-0.1, -0.05) is 11.2 Å². The molecule has 1 N–H and O–H groups in total. The summed E-state index contributed by atoms with van der Waals surface area (Å²) in [6.07, 6.45) is 5.62. The first-order valence-electron chi connectivity index (χ1n) is 9.57. The van der Waals surface area contributed by atoms with Crippen LogP contribution in [0.15, 0.2) is 47.2 Å².